The molecule has 1 aromatic rings. The molecule has 1 aliphatic rings. The molecule has 0 aromatic heterocycles. The van der Waals surface area contributed by atoms with E-state index < -0.39 is 28.7 Å². The average molecular weight is 252 g/mol. The van der Waals surface area contributed by atoms with Gasteiger partial charge < -0.3 is 20.4 Å². The molecule has 96 valence electrons. The predicted molar refractivity (Wildman–Crippen MR) is 59.9 cm³/mol. The summed E-state index contributed by atoms with van der Waals surface area (Å²) >= 11 is 0. The van der Waals surface area contributed by atoms with Crippen LogP contribution in [-0.2, 0) is 10.2 Å². The van der Waals surface area contributed by atoms with Crippen molar-refractivity contribution in [1.82, 2.24) is 0 Å². The zero-order chi connectivity index (χ0) is 13.5. The number of phenolic OH excluding ortho intramolecular Hbond substituents is 1. The Bertz CT molecular complexity index is 530. The number of benzene rings is 1. The van der Waals surface area contributed by atoms with Crippen molar-refractivity contribution in [3.63, 3.8) is 0 Å². The maximum atomic E-state index is 11.3. The molecule has 2 rings (SSSR count). The van der Waals surface area contributed by atoms with E-state index in [2.05, 4.69) is 0 Å². The third kappa shape index (κ3) is 1.57. The van der Waals surface area contributed by atoms with E-state index in [1.54, 1.807) is 0 Å². The van der Waals surface area contributed by atoms with E-state index in [9.17, 15) is 24.9 Å². The van der Waals surface area contributed by atoms with Gasteiger partial charge in [0.1, 0.15) is 17.1 Å². The molecule has 1 saturated carbocycles. The van der Waals surface area contributed by atoms with Crippen molar-refractivity contribution in [3.05, 3.63) is 23.3 Å². The number of carboxylic acids is 2. The van der Waals surface area contributed by atoms with Gasteiger partial charge in [-0.3, -0.25) is 4.79 Å². The Hall–Kier alpha value is -2.24. The number of aliphatic carboxylic acids is 1. The highest BCUT2D eigenvalue weighted by Gasteiger charge is 2.48. The minimum absolute atomic E-state index is 0.0523. The molecule has 0 aliphatic heterocycles. The molecule has 0 bridgehead atoms. The molecule has 1 aliphatic carbocycles. The molecule has 0 unspecified atom stereocenters. The summed E-state index contributed by atoms with van der Waals surface area (Å²) in [6.07, 6.45) is 1.40. The lowest BCUT2D eigenvalue weighted by molar-refractivity contribution is -0.147. The first-order chi connectivity index (χ1) is 8.38. The largest absolute Gasteiger partial charge is 0.507 e. The van der Waals surface area contributed by atoms with Crippen molar-refractivity contribution < 1.29 is 30.0 Å². The molecular formula is C12H12O6. The zero-order valence-corrected chi connectivity index (χ0v) is 9.38. The van der Waals surface area contributed by atoms with Gasteiger partial charge in [-0.15, -0.1) is 0 Å². The SMILES string of the molecule is O=C(O)c1cc(C2(C(=O)O)CCC2)c(O)cc1O. The minimum atomic E-state index is -1.37. The van der Waals surface area contributed by atoms with Crippen LogP contribution in [0.3, 0.4) is 0 Å². The number of phenols is 2. The molecule has 6 nitrogen and oxygen atoms in total. The predicted octanol–water partition coefficient (Wildman–Crippen LogP) is 1.30. The lowest BCUT2D eigenvalue weighted by atomic mass is 9.64. The second-order valence-electron chi connectivity index (χ2n) is 4.43. The van der Waals surface area contributed by atoms with Crippen LogP contribution in [0.2, 0.25) is 0 Å². The maximum Gasteiger partial charge on any atom is 0.339 e. The summed E-state index contributed by atoms with van der Waals surface area (Å²) in [6, 6.07) is 1.92. The first-order valence-electron chi connectivity index (χ1n) is 5.41. The summed E-state index contributed by atoms with van der Waals surface area (Å²) in [5.41, 5.74) is -1.59. The number of aromatic hydroxyl groups is 2. The van der Waals surface area contributed by atoms with Gasteiger partial charge in [0.25, 0.3) is 0 Å². The summed E-state index contributed by atoms with van der Waals surface area (Å²) in [4.78, 5) is 22.2. The first-order valence-corrected chi connectivity index (χ1v) is 5.41. The molecule has 4 N–H and O–H groups in total. The standard InChI is InChI=1S/C12H12O6/c13-8-5-9(14)7(4-6(8)10(15)16)12(11(17)18)2-1-3-12/h4-5,13-14H,1-3H2,(H,15,16)(H,17,18). The Morgan fingerprint density at radius 2 is 1.67 bits per heavy atom. The zero-order valence-electron chi connectivity index (χ0n) is 9.38. The molecule has 1 fully saturated rings. The van der Waals surface area contributed by atoms with Crippen molar-refractivity contribution >= 4 is 11.9 Å². The maximum absolute atomic E-state index is 11.3. The molecule has 0 amide bonds. The van der Waals surface area contributed by atoms with E-state index in [4.69, 9.17) is 5.11 Å². The fraction of sp³-hybridized carbons (Fsp3) is 0.333. The van der Waals surface area contributed by atoms with E-state index in [1.807, 2.05) is 0 Å². The van der Waals surface area contributed by atoms with Crippen LogP contribution < -0.4 is 0 Å². The third-order valence-corrected chi connectivity index (χ3v) is 3.48. The quantitative estimate of drug-likeness (QED) is 0.644. The highest BCUT2D eigenvalue weighted by atomic mass is 16.4. The molecule has 0 saturated heterocycles. The number of carboxylic acid groups (broad SMARTS) is 2. The monoisotopic (exact) mass is 252 g/mol. The molecule has 0 radical (unpaired) electrons. The van der Waals surface area contributed by atoms with Gasteiger partial charge in [-0.05, 0) is 18.9 Å². The molecule has 0 heterocycles. The topological polar surface area (TPSA) is 115 Å². The summed E-state index contributed by atoms with van der Waals surface area (Å²) in [5.74, 6) is -3.43. The van der Waals surface area contributed by atoms with Crippen LogP contribution in [0.5, 0.6) is 11.5 Å². The second kappa shape index (κ2) is 3.90. The second-order valence-corrected chi connectivity index (χ2v) is 4.43. The molecule has 1 aromatic carbocycles. The van der Waals surface area contributed by atoms with E-state index >= 15 is 0 Å². The summed E-state index contributed by atoms with van der Waals surface area (Å²) in [7, 11) is 0. The van der Waals surface area contributed by atoms with Gasteiger partial charge in [0, 0.05) is 11.6 Å². The van der Waals surface area contributed by atoms with Crippen molar-refractivity contribution in [1.29, 1.82) is 0 Å². The Kier molecular flexibility index (Phi) is 2.65. The van der Waals surface area contributed by atoms with Crippen LogP contribution in [0.4, 0.5) is 0 Å². The van der Waals surface area contributed by atoms with Gasteiger partial charge in [0.15, 0.2) is 0 Å². The Balaban J connectivity index is 2.60. The summed E-state index contributed by atoms with van der Waals surface area (Å²) < 4.78 is 0. The Morgan fingerprint density at radius 3 is 2.06 bits per heavy atom. The lowest BCUT2D eigenvalue weighted by Crippen LogP contribution is -2.42. The number of hydrogen-bond donors (Lipinski definition) is 4. The van der Waals surface area contributed by atoms with Gasteiger partial charge in [-0.1, -0.05) is 6.42 Å². The van der Waals surface area contributed by atoms with Crippen LogP contribution >= 0.6 is 0 Å². The molecule has 0 atom stereocenters. The van der Waals surface area contributed by atoms with E-state index in [0.29, 0.717) is 19.3 Å². The van der Waals surface area contributed by atoms with E-state index in [-0.39, 0.29) is 11.3 Å². The van der Waals surface area contributed by atoms with Crippen molar-refractivity contribution in [2.45, 2.75) is 24.7 Å². The van der Waals surface area contributed by atoms with Crippen LogP contribution in [0.1, 0.15) is 35.2 Å². The van der Waals surface area contributed by atoms with Gasteiger partial charge in [-0.2, -0.15) is 0 Å². The normalized spacial score (nSPS) is 16.9. The summed E-state index contributed by atoms with van der Waals surface area (Å²) in [5, 5.41) is 37.3. The van der Waals surface area contributed by atoms with Crippen LogP contribution in [0.25, 0.3) is 0 Å². The van der Waals surface area contributed by atoms with Crippen molar-refractivity contribution in [3.8, 4) is 11.5 Å². The fourth-order valence-electron chi connectivity index (χ4n) is 2.26. The molecule has 6 heteroatoms. The first kappa shape index (κ1) is 12.2. The minimum Gasteiger partial charge on any atom is -0.507 e. The van der Waals surface area contributed by atoms with Gasteiger partial charge in [-0.25, -0.2) is 4.79 Å². The number of aromatic carboxylic acids is 1. The summed E-state index contributed by atoms with van der Waals surface area (Å²) in [6.45, 7) is 0. The lowest BCUT2D eigenvalue weighted by Gasteiger charge is -2.38. The van der Waals surface area contributed by atoms with Crippen LogP contribution in [0.15, 0.2) is 12.1 Å². The van der Waals surface area contributed by atoms with Gasteiger partial charge in [0.05, 0.1) is 5.41 Å². The molecular weight excluding hydrogens is 240 g/mol. The van der Waals surface area contributed by atoms with Gasteiger partial charge in [0.2, 0.25) is 0 Å². The van der Waals surface area contributed by atoms with E-state index in [0.717, 1.165) is 12.1 Å². The third-order valence-electron chi connectivity index (χ3n) is 3.48. The number of rotatable bonds is 3. The van der Waals surface area contributed by atoms with Crippen LogP contribution in [-0.4, -0.2) is 32.4 Å². The smallest absolute Gasteiger partial charge is 0.339 e. The molecule has 18 heavy (non-hydrogen) atoms. The van der Waals surface area contributed by atoms with E-state index in [1.165, 1.54) is 0 Å². The Morgan fingerprint density at radius 1 is 1.06 bits per heavy atom. The van der Waals surface area contributed by atoms with Crippen molar-refractivity contribution in [2.24, 2.45) is 0 Å². The number of hydrogen-bond acceptors (Lipinski definition) is 4. The molecule has 0 spiro atoms. The van der Waals surface area contributed by atoms with Crippen molar-refractivity contribution in [2.75, 3.05) is 0 Å². The van der Waals surface area contributed by atoms with Crippen LogP contribution in [0, 0.1) is 0 Å². The number of carbonyl (C=O) groups is 2. The Labute approximate surface area is 102 Å². The highest BCUT2D eigenvalue weighted by Crippen LogP contribution is 2.48. The highest BCUT2D eigenvalue weighted by molar-refractivity contribution is 5.93. The fourth-order valence-corrected chi connectivity index (χ4v) is 2.26. The average Bonchev–Trinajstić information content (AvgIpc) is 2.18. The van der Waals surface area contributed by atoms with Gasteiger partial charge >= 0.3 is 11.9 Å².